The average Bonchev–Trinajstić information content (AvgIpc) is 3.93. The van der Waals surface area contributed by atoms with E-state index in [-0.39, 0.29) is 35.9 Å². The highest BCUT2D eigenvalue weighted by atomic mass is 32.2. The first kappa shape index (κ1) is 42.7. The molecule has 1 atom stereocenters. The maximum Gasteiger partial charge on any atom is 0.255 e. The van der Waals surface area contributed by atoms with Gasteiger partial charge in [0.1, 0.15) is 18.0 Å². The first-order valence-electron chi connectivity index (χ1n) is 22.4. The largest absolute Gasteiger partial charge is 0.369 e. The first-order chi connectivity index (χ1) is 29.8. The lowest BCUT2D eigenvalue weighted by molar-refractivity contribution is -0.125. The second kappa shape index (κ2) is 19.4. The number of likely N-dealkylation sites (N-methyl/N-ethyl adjacent to an activating group) is 1. The Morgan fingerprint density at radius 1 is 0.885 bits per heavy atom. The fourth-order valence-electron chi connectivity index (χ4n) is 9.62. The van der Waals surface area contributed by atoms with Gasteiger partial charge in [-0.15, -0.1) is 0 Å². The molecule has 0 radical (unpaired) electrons. The van der Waals surface area contributed by atoms with E-state index < -0.39 is 6.04 Å². The van der Waals surface area contributed by atoms with Crippen LogP contribution in [-0.4, -0.2) is 124 Å². The lowest BCUT2D eigenvalue weighted by atomic mass is 10.0. The molecule has 2 amide bonds. The highest BCUT2D eigenvalue weighted by Gasteiger charge is 2.37. The number of carbonyl (C=O) groups excluding carboxylic acids is 3. The third-order valence-electron chi connectivity index (χ3n) is 13.0. The summed E-state index contributed by atoms with van der Waals surface area (Å²) in [7, 11) is 1.56. The third-order valence-corrected chi connectivity index (χ3v) is 14.1. The van der Waals surface area contributed by atoms with Crippen LogP contribution in [0.4, 0.5) is 17.3 Å². The van der Waals surface area contributed by atoms with Crippen LogP contribution in [0.15, 0.2) is 70.5 Å². The van der Waals surface area contributed by atoms with Crippen LogP contribution in [0.25, 0.3) is 11.0 Å². The van der Waals surface area contributed by atoms with E-state index in [1.54, 1.807) is 18.0 Å². The minimum Gasteiger partial charge on any atom is -0.369 e. The molecule has 2 N–H and O–H groups in total. The minimum atomic E-state index is -0.656. The average molecular weight is 849 g/mol. The number of anilines is 3. The highest BCUT2D eigenvalue weighted by Crippen LogP contribution is 2.34. The van der Waals surface area contributed by atoms with Crippen LogP contribution in [0.1, 0.15) is 87.2 Å². The molecular weight excluding hydrogens is 789 g/mol. The molecule has 1 unspecified atom stereocenters. The monoisotopic (exact) mass is 848 g/mol. The molecule has 2 aromatic heterocycles. The normalized spacial score (nSPS) is 19.7. The Kier molecular flexibility index (Phi) is 13.6. The zero-order valence-electron chi connectivity index (χ0n) is 35.8. The molecule has 0 bridgehead atoms. The summed E-state index contributed by atoms with van der Waals surface area (Å²) in [6.45, 7) is 12.2. The Labute approximate surface area is 363 Å². The van der Waals surface area contributed by atoms with Gasteiger partial charge in [0.05, 0.1) is 0 Å². The van der Waals surface area contributed by atoms with Gasteiger partial charge in [0.25, 0.3) is 11.5 Å². The van der Waals surface area contributed by atoms with Gasteiger partial charge in [-0.1, -0.05) is 32.8 Å². The van der Waals surface area contributed by atoms with Crippen molar-refractivity contribution in [1.29, 1.82) is 0 Å². The maximum atomic E-state index is 13.3. The highest BCUT2D eigenvalue weighted by molar-refractivity contribution is 7.97. The molecular formula is C46H60N10O4S. The smallest absolute Gasteiger partial charge is 0.255 e. The number of amides is 2. The van der Waals surface area contributed by atoms with Gasteiger partial charge in [-0.2, -0.15) is 4.98 Å². The number of carbonyl (C=O) groups is 3. The van der Waals surface area contributed by atoms with Gasteiger partial charge in [0, 0.05) is 130 Å². The fraction of sp³-hybridized carbons (Fsp3) is 0.522. The van der Waals surface area contributed by atoms with Crippen molar-refractivity contribution < 1.29 is 14.4 Å². The second-order valence-corrected chi connectivity index (χ2v) is 17.8. The lowest BCUT2D eigenvalue weighted by Crippen LogP contribution is -2.63. The predicted molar refractivity (Wildman–Crippen MR) is 242 cm³/mol. The summed E-state index contributed by atoms with van der Waals surface area (Å²) in [5.41, 5.74) is 4.74. The molecule has 324 valence electrons. The van der Waals surface area contributed by atoms with Crippen LogP contribution >= 0.6 is 11.9 Å². The molecule has 9 rings (SSSR count). The van der Waals surface area contributed by atoms with Gasteiger partial charge in [0.2, 0.25) is 11.9 Å². The summed E-state index contributed by atoms with van der Waals surface area (Å²) in [5, 5.41) is 7.14. The number of piperidine rings is 1. The first-order valence-corrected chi connectivity index (χ1v) is 23.1. The van der Waals surface area contributed by atoms with Gasteiger partial charge >= 0.3 is 0 Å². The van der Waals surface area contributed by atoms with Crippen molar-refractivity contribution in [3.63, 3.8) is 0 Å². The number of piperazine rings is 1. The van der Waals surface area contributed by atoms with Gasteiger partial charge in [0.15, 0.2) is 0 Å². The number of nitrogens with zero attached hydrogens (tertiary/aromatic N) is 8. The Balaban J connectivity index is 0.00000253. The van der Waals surface area contributed by atoms with Crippen molar-refractivity contribution in [3.05, 3.63) is 82.3 Å². The number of hydrogen-bond acceptors (Lipinski definition) is 12. The van der Waals surface area contributed by atoms with E-state index in [1.807, 2.05) is 54.8 Å². The number of rotatable bonds is 13. The Morgan fingerprint density at radius 3 is 2.38 bits per heavy atom. The Bertz CT molecular complexity index is 2240. The fourth-order valence-corrected chi connectivity index (χ4v) is 10.6. The van der Waals surface area contributed by atoms with E-state index in [1.165, 1.54) is 10.6 Å². The van der Waals surface area contributed by atoms with E-state index in [0.717, 1.165) is 119 Å². The van der Waals surface area contributed by atoms with Crippen LogP contribution < -0.4 is 26.0 Å². The Morgan fingerprint density at radius 2 is 1.64 bits per heavy atom. The zero-order valence-corrected chi connectivity index (χ0v) is 36.6. The van der Waals surface area contributed by atoms with E-state index >= 15 is 0 Å². The molecule has 3 saturated heterocycles. The predicted octanol–water partition coefficient (Wildman–Crippen LogP) is 5.58. The van der Waals surface area contributed by atoms with Gasteiger partial charge < -0.3 is 30.1 Å². The topological polar surface area (TPSA) is 139 Å². The number of aldehydes is 1. The van der Waals surface area contributed by atoms with Crippen LogP contribution in [0.5, 0.6) is 0 Å². The molecule has 61 heavy (non-hydrogen) atoms. The molecule has 15 heteroatoms. The minimum absolute atomic E-state index is 0.0271. The SMILES string of the molecule is CC.CNC(=O)C(CCC=O)N1Cc2cc(N3CCN(C4CN(c5cccc(SN6CCC(Nc7ncc8ccc(=O)n(C9CCCC9)c8n7)CC6)c5)C4)CC3)ccc2C1=O. The van der Waals surface area contributed by atoms with E-state index in [2.05, 4.69) is 65.0 Å². The van der Waals surface area contributed by atoms with Crippen molar-refractivity contribution in [1.82, 2.24) is 34.0 Å². The number of aromatic nitrogens is 3. The summed E-state index contributed by atoms with van der Waals surface area (Å²) in [6, 6.07) is 18.8. The van der Waals surface area contributed by atoms with Crippen molar-refractivity contribution in [2.24, 2.45) is 0 Å². The number of benzene rings is 2. The van der Waals surface area contributed by atoms with Crippen LogP contribution in [0.2, 0.25) is 0 Å². The molecule has 1 saturated carbocycles. The van der Waals surface area contributed by atoms with Gasteiger partial charge in [-0.3, -0.25) is 23.9 Å². The van der Waals surface area contributed by atoms with E-state index in [4.69, 9.17) is 4.98 Å². The molecule has 4 aliphatic heterocycles. The zero-order chi connectivity index (χ0) is 42.5. The number of pyridine rings is 1. The summed E-state index contributed by atoms with van der Waals surface area (Å²) >= 11 is 1.84. The van der Waals surface area contributed by atoms with Crippen molar-refractivity contribution in [2.45, 2.75) is 101 Å². The summed E-state index contributed by atoms with van der Waals surface area (Å²) in [6.07, 6.45) is 9.56. The molecule has 5 aliphatic rings. The summed E-state index contributed by atoms with van der Waals surface area (Å²) in [5.74, 6) is 0.219. The summed E-state index contributed by atoms with van der Waals surface area (Å²) in [4.78, 5) is 69.6. The molecule has 14 nitrogen and oxygen atoms in total. The number of hydrogen-bond donors (Lipinski definition) is 2. The molecule has 2 aromatic carbocycles. The Hall–Kier alpha value is -4.99. The standard InChI is InChI=1S/C44H54N10O4S.C2H6/c1-45-42(57)39(10-5-23-55)53-27-31-24-35(12-13-38(31)43(53)58)49-19-21-50(22-20-49)36-28-51(29-36)34-8-4-9-37(25-34)59-52-17-15-32(16-18-52)47-44-46-26-30-11-14-40(56)54(41(30)48-44)33-6-2-3-7-33;1-2/h4,8-9,11-14,23-26,32-33,36,39H,2-3,5-7,10,15-22,27-29H2,1H3,(H,45,57)(H,46,47,48);1-2H3. The van der Waals surface area contributed by atoms with E-state index in [0.29, 0.717) is 30.5 Å². The second-order valence-electron chi connectivity index (χ2n) is 16.6. The van der Waals surface area contributed by atoms with Crippen LogP contribution in [-0.2, 0) is 16.1 Å². The lowest BCUT2D eigenvalue weighted by Gasteiger charge is -2.49. The van der Waals surface area contributed by atoms with Crippen molar-refractivity contribution in [3.8, 4) is 0 Å². The molecule has 4 fully saturated rings. The summed E-state index contributed by atoms with van der Waals surface area (Å²) < 4.78 is 4.36. The maximum absolute atomic E-state index is 13.3. The molecule has 6 heterocycles. The molecule has 1 aliphatic carbocycles. The van der Waals surface area contributed by atoms with Crippen molar-refractivity contribution >= 4 is 58.4 Å². The molecule has 4 aromatic rings. The quantitative estimate of drug-likeness (QED) is 0.128. The van der Waals surface area contributed by atoms with Gasteiger partial charge in [-0.25, -0.2) is 9.29 Å². The number of fused-ring (bicyclic) bond motifs is 2. The van der Waals surface area contributed by atoms with Crippen molar-refractivity contribution in [2.75, 3.05) is 74.5 Å². The van der Waals surface area contributed by atoms with Crippen LogP contribution in [0, 0.1) is 0 Å². The third kappa shape index (κ3) is 9.29. The number of nitrogens with one attached hydrogen (secondary N) is 2. The molecule has 0 spiro atoms. The van der Waals surface area contributed by atoms with Crippen LogP contribution in [0.3, 0.4) is 0 Å². The van der Waals surface area contributed by atoms with Gasteiger partial charge in [-0.05, 0) is 92.1 Å². The van der Waals surface area contributed by atoms with E-state index in [9.17, 15) is 19.2 Å².